The monoisotopic (exact) mass is 114 g/mol. The van der Waals surface area contributed by atoms with Crippen molar-refractivity contribution in [2.75, 3.05) is 0 Å². The highest BCUT2D eigenvalue weighted by Crippen LogP contribution is 2.30. The maximum absolute atomic E-state index is 9.86. The summed E-state index contributed by atoms with van der Waals surface area (Å²) >= 11 is 0. The van der Waals surface area contributed by atoms with Crippen LogP contribution < -0.4 is 0 Å². The molecule has 1 saturated carbocycles. The lowest BCUT2D eigenvalue weighted by molar-refractivity contribution is -0.130. The van der Waals surface area contributed by atoms with E-state index in [0.29, 0.717) is 12.9 Å². The summed E-state index contributed by atoms with van der Waals surface area (Å²) in [6, 6.07) is 0. The molecule has 1 fully saturated rings. The van der Waals surface area contributed by atoms with Crippen LogP contribution in [0.4, 0.5) is 0 Å². The van der Waals surface area contributed by atoms with Crippen LogP contribution in [0, 0.1) is 5.92 Å². The zero-order valence-electron chi connectivity index (χ0n) is 4.24. The summed E-state index contributed by atoms with van der Waals surface area (Å²) in [6.45, 7) is 0.383. The summed E-state index contributed by atoms with van der Waals surface area (Å²) in [5.74, 6) is -0.0137. The molecule has 0 aromatic rings. The van der Waals surface area contributed by atoms with Gasteiger partial charge >= 0.3 is 0 Å². The first-order valence-electron chi connectivity index (χ1n) is 2.43. The van der Waals surface area contributed by atoms with E-state index in [1.54, 1.807) is 0 Å². The first-order valence-corrected chi connectivity index (χ1v) is 2.43. The third-order valence-electron chi connectivity index (χ3n) is 1.18. The van der Waals surface area contributed by atoms with Crippen LogP contribution in [0.2, 0.25) is 0 Å². The largest absolute Gasteiger partial charge is 0.464 e. The van der Waals surface area contributed by atoms with E-state index < -0.39 is 0 Å². The Balaban J connectivity index is 2.16. The molecule has 0 aromatic carbocycles. The predicted molar refractivity (Wildman–Crippen MR) is 25.1 cm³/mol. The molecule has 0 aliphatic heterocycles. The summed E-state index contributed by atoms with van der Waals surface area (Å²) in [6.07, 6.45) is 1.42. The first kappa shape index (κ1) is 5.28. The van der Waals surface area contributed by atoms with Crippen molar-refractivity contribution < 1.29 is 14.3 Å². The lowest BCUT2D eigenvalue weighted by atomic mass is 10.5. The summed E-state index contributed by atoms with van der Waals surface area (Å²) in [5.41, 5.74) is 0. The van der Waals surface area contributed by atoms with Gasteiger partial charge in [0.05, 0.1) is 5.92 Å². The smallest absolute Gasteiger partial charge is 0.293 e. The summed E-state index contributed by atoms with van der Waals surface area (Å²) in [7, 11) is 0. The average Bonchev–Trinajstić information content (AvgIpc) is 2.48. The predicted octanol–water partition coefficient (Wildman–Crippen LogP) is -0.253. The third-order valence-corrected chi connectivity index (χ3v) is 1.18. The van der Waals surface area contributed by atoms with Crippen LogP contribution >= 0.6 is 0 Å². The van der Waals surface area contributed by atoms with E-state index in [2.05, 4.69) is 4.74 Å². The molecule has 0 spiro atoms. The van der Waals surface area contributed by atoms with Crippen molar-refractivity contribution >= 4 is 12.8 Å². The molecule has 0 N–H and O–H groups in total. The molecular weight excluding hydrogens is 108 g/mol. The van der Waals surface area contributed by atoms with Gasteiger partial charge in [-0.25, -0.2) is 0 Å². The average molecular weight is 114 g/mol. The van der Waals surface area contributed by atoms with E-state index >= 15 is 0 Å². The minimum Gasteiger partial charge on any atom is -0.464 e. The molecule has 1 rings (SSSR count). The van der Waals surface area contributed by atoms with E-state index in [4.69, 9.17) is 0 Å². The van der Waals surface area contributed by atoms with Gasteiger partial charge in [0.1, 0.15) is 12.4 Å². The van der Waals surface area contributed by atoms with Gasteiger partial charge in [0.15, 0.2) is 0 Å². The summed E-state index contributed by atoms with van der Waals surface area (Å²) < 4.78 is 4.44. The van der Waals surface area contributed by atoms with Crippen LogP contribution in [0.25, 0.3) is 0 Å². The van der Waals surface area contributed by atoms with Gasteiger partial charge in [-0.05, 0) is 6.42 Å². The number of carbonyl (C=O) groups excluding carboxylic acids is 2. The van der Waals surface area contributed by atoms with Crippen molar-refractivity contribution in [3.05, 3.63) is 0 Å². The van der Waals surface area contributed by atoms with Gasteiger partial charge in [-0.1, -0.05) is 0 Å². The Labute approximate surface area is 46.6 Å². The number of rotatable bonds is 3. The van der Waals surface area contributed by atoms with Crippen LogP contribution in [0.5, 0.6) is 0 Å². The van der Waals surface area contributed by atoms with E-state index in [1.807, 2.05) is 0 Å². The van der Waals surface area contributed by atoms with E-state index in [1.165, 1.54) is 0 Å². The fraction of sp³-hybridized carbons (Fsp3) is 0.600. The number of ether oxygens (including phenoxy) is 1. The Hall–Kier alpha value is -0.860. The van der Waals surface area contributed by atoms with Crippen LogP contribution in [0.15, 0.2) is 0 Å². The molecule has 2 atom stereocenters. The molecule has 0 bridgehead atoms. The van der Waals surface area contributed by atoms with Crippen molar-refractivity contribution in [3.63, 3.8) is 0 Å². The van der Waals surface area contributed by atoms with Crippen LogP contribution in [0.3, 0.4) is 0 Å². The van der Waals surface area contributed by atoms with Gasteiger partial charge in [-0.15, -0.1) is 0 Å². The van der Waals surface area contributed by atoms with E-state index in [-0.39, 0.29) is 12.0 Å². The van der Waals surface area contributed by atoms with Crippen molar-refractivity contribution in [2.45, 2.75) is 12.5 Å². The first-order chi connectivity index (χ1) is 3.88. The number of aldehydes is 1. The van der Waals surface area contributed by atoms with Gasteiger partial charge in [0.2, 0.25) is 0 Å². The lowest BCUT2D eigenvalue weighted by Crippen LogP contribution is -1.93. The molecule has 2 unspecified atom stereocenters. The van der Waals surface area contributed by atoms with E-state index in [9.17, 15) is 9.59 Å². The molecule has 0 saturated heterocycles. The highest BCUT2D eigenvalue weighted by Gasteiger charge is 2.38. The van der Waals surface area contributed by atoms with Crippen molar-refractivity contribution in [3.8, 4) is 0 Å². The zero-order valence-corrected chi connectivity index (χ0v) is 4.24. The molecule has 8 heavy (non-hydrogen) atoms. The molecule has 0 amide bonds. The Kier molecular flexibility index (Phi) is 1.28. The van der Waals surface area contributed by atoms with Crippen LogP contribution in [0.1, 0.15) is 6.42 Å². The quantitative estimate of drug-likeness (QED) is 0.475. The van der Waals surface area contributed by atoms with Crippen LogP contribution in [-0.2, 0) is 14.3 Å². The van der Waals surface area contributed by atoms with E-state index in [0.717, 1.165) is 6.29 Å². The molecule has 0 radical (unpaired) electrons. The number of hydrogen-bond donors (Lipinski definition) is 0. The lowest BCUT2D eigenvalue weighted by Gasteiger charge is -1.86. The topological polar surface area (TPSA) is 43.4 Å². The number of carbonyl (C=O) groups is 2. The fourth-order valence-electron chi connectivity index (χ4n) is 0.561. The van der Waals surface area contributed by atoms with Gasteiger partial charge < -0.3 is 9.53 Å². The van der Waals surface area contributed by atoms with Gasteiger partial charge in [-0.2, -0.15) is 0 Å². The molecule has 44 valence electrons. The number of hydrogen-bond acceptors (Lipinski definition) is 3. The van der Waals surface area contributed by atoms with Crippen LogP contribution in [-0.4, -0.2) is 18.9 Å². The third kappa shape index (κ3) is 0.857. The highest BCUT2D eigenvalue weighted by molar-refractivity contribution is 5.59. The van der Waals surface area contributed by atoms with Gasteiger partial charge in [-0.3, -0.25) is 4.79 Å². The maximum Gasteiger partial charge on any atom is 0.293 e. The minimum atomic E-state index is -0.106. The molecule has 1 aliphatic rings. The maximum atomic E-state index is 9.86. The Morgan fingerprint density at radius 2 is 2.25 bits per heavy atom. The Morgan fingerprint density at radius 1 is 1.50 bits per heavy atom. The molecule has 1 aliphatic carbocycles. The molecule has 0 heterocycles. The molecule has 3 nitrogen and oxygen atoms in total. The van der Waals surface area contributed by atoms with Gasteiger partial charge in [0.25, 0.3) is 6.47 Å². The molecule has 3 heteroatoms. The van der Waals surface area contributed by atoms with Crippen molar-refractivity contribution in [1.82, 2.24) is 0 Å². The second-order valence-electron chi connectivity index (χ2n) is 1.81. The Bertz CT molecular complexity index is 110. The molecular formula is C5H6O3. The standard InChI is InChI=1S/C5H6O3/c6-2-4-1-5(4)8-3-7/h2-5H,1H2. The Morgan fingerprint density at radius 3 is 2.62 bits per heavy atom. The summed E-state index contributed by atoms with van der Waals surface area (Å²) in [4.78, 5) is 19.4. The second kappa shape index (κ2) is 1.94. The van der Waals surface area contributed by atoms with Crippen molar-refractivity contribution in [2.24, 2.45) is 5.92 Å². The minimum absolute atomic E-state index is 0.0137. The van der Waals surface area contributed by atoms with Gasteiger partial charge in [0, 0.05) is 0 Å². The summed E-state index contributed by atoms with van der Waals surface area (Å²) in [5, 5.41) is 0. The zero-order chi connectivity index (χ0) is 5.98. The highest BCUT2D eigenvalue weighted by atomic mass is 16.5. The SMILES string of the molecule is O=COC1CC1C=O. The van der Waals surface area contributed by atoms with Crippen molar-refractivity contribution in [1.29, 1.82) is 0 Å². The fourth-order valence-corrected chi connectivity index (χ4v) is 0.561. The normalized spacial score (nSPS) is 33.5. The second-order valence-corrected chi connectivity index (χ2v) is 1.81. The molecule has 0 aromatic heterocycles.